The number of phenolic OH excluding ortho intramolecular Hbond substituents is 2. The van der Waals surface area contributed by atoms with E-state index in [1.807, 2.05) is 12.3 Å². The average Bonchev–Trinajstić information content (AvgIpc) is 4.02. The maximum Gasteiger partial charge on any atom is 0.226 e. The molecule has 1 amide bonds. The smallest absolute Gasteiger partial charge is 0.226 e. The van der Waals surface area contributed by atoms with Crippen molar-refractivity contribution in [2.45, 2.75) is 126 Å². The van der Waals surface area contributed by atoms with E-state index in [0.717, 1.165) is 49.8 Å². The molecule has 16 nitrogen and oxygen atoms in total. The lowest BCUT2D eigenvalue weighted by atomic mass is 9.56. The summed E-state index contributed by atoms with van der Waals surface area (Å²) in [6, 6.07) is 10.3. The summed E-state index contributed by atoms with van der Waals surface area (Å²) >= 11 is 0. The molecule has 70 heavy (non-hydrogen) atoms. The predicted molar refractivity (Wildman–Crippen MR) is 258 cm³/mol. The summed E-state index contributed by atoms with van der Waals surface area (Å²) in [5.41, 5.74) is 0.785. The van der Waals surface area contributed by atoms with Crippen molar-refractivity contribution in [3.8, 4) is 17.2 Å². The summed E-state index contributed by atoms with van der Waals surface area (Å²) in [7, 11) is 0. The van der Waals surface area contributed by atoms with Crippen molar-refractivity contribution in [1.29, 1.82) is 0 Å². The maximum absolute atomic E-state index is 14.2. The molecule has 1 aromatic heterocycles. The van der Waals surface area contributed by atoms with E-state index in [2.05, 4.69) is 28.2 Å². The van der Waals surface area contributed by atoms with E-state index in [0.29, 0.717) is 75.9 Å². The molecule has 370 valence electrons. The summed E-state index contributed by atoms with van der Waals surface area (Å²) in [4.78, 5) is 47.5. The number of carbonyl (C=O) groups excluding carboxylic acids is 1. The van der Waals surface area contributed by atoms with Gasteiger partial charge in [-0.25, -0.2) is 9.78 Å². The van der Waals surface area contributed by atoms with Crippen molar-refractivity contribution >= 4 is 39.6 Å². The molecule has 2 spiro atoms. The number of hydrogen-bond acceptors (Lipinski definition) is 15. The zero-order valence-corrected chi connectivity index (χ0v) is 39.3. The van der Waals surface area contributed by atoms with E-state index < -0.39 is 60.7 Å². The molecule has 11 unspecified atom stereocenters. The van der Waals surface area contributed by atoms with Crippen molar-refractivity contribution in [2.24, 2.45) is 28.2 Å². The largest absolute Gasteiger partial charge is 0.508 e. The Hall–Kier alpha value is -5.59. The van der Waals surface area contributed by atoms with Crippen molar-refractivity contribution < 1.29 is 59.5 Å². The molecule has 4 aromatic rings. The van der Waals surface area contributed by atoms with E-state index >= 15 is 0 Å². The lowest BCUT2D eigenvalue weighted by Gasteiger charge is -2.51. The number of aliphatic hydroxyl groups excluding tert-OH is 4. The van der Waals surface area contributed by atoms with Gasteiger partial charge in [0.25, 0.3) is 0 Å². The Morgan fingerprint density at radius 2 is 1.89 bits per heavy atom. The van der Waals surface area contributed by atoms with Gasteiger partial charge in [0.05, 0.1) is 29.1 Å². The summed E-state index contributed by atoms with van der Waals surface area (Å²) in [5, 5.41) is 81.1. The number of carbonyl (C=O) groups is 1. The van der Waals surface area contributed by atoms with E-state index in [1.54, 1.807) is 19.2 Å². The molecule has 11 atom stereocenters. The molecule has 16 heteroatoms. The molecule has 8 N–H and O–H groups in total. The van der Waals surface area contributed by atoms with E-state index in [1.165, 1.54) is 42.0 Å². The number of amides is 1. The lowest BCUT2D eigenvalue weighted by Crippen LogP contribution is -2.59. The molecule has 2 saturated carbocycles. The Balaban J connectivity index is 1.02. The fourth-order valence-electron chi connectivity index (χ4n) is 13.5. The summed E-state index contributed by atoms with van der Waals surface area (Å²) in [6.45, 7) is 2.68. The zero-order valence-electron chi connectivity index (χ0n) is 39.3. The average molecular weight is 960 g/mol. The topological polar surface area (TPSA) is 244 Å². The van der Waals surface area contributed by atoms with Gasteiger partial charge in [-0.2, -0.15) is 0 Å². The predicted octanol–water partition coefficient (Wildman–Crippen LogP) is 5.21. The number of aryl methyl sites for hydroxylation is 1. The highest BCUT2D eigenvalue weighted by molar-refractivity contribution is 5.97. The first-order valence-electron chi connectivity index (χ1n) is 24.8. The van der Waals surface area contributed by atoms with Crippen molar-refractivity contribution in [2.75, 3.05) is 24.7 Å². The number of hydrogen-bond donors (Lipinski definition) is 8. The number of benzene rings is 3. The second-order valence-electron chi connectivity index (χ2n) is 20.8. The maximum atomic E-state index is 14.2. The molecular formula is C54H61N3O13. The van der Waals surface area contributed by atoms with Gasteiger partial charge in [-0.05, 0) is 111 Å². The minimum absolute atomic E-state index is 0.00394. The fraction of sp³-hybridized carbons (Fsp3) is 0.500. The minimum atomic E-state index is -2.42. The molecule has 3 aliphatic carbocycles. The van der Waals surface area contributed by atoms with Gasteiger partial charge in [0.1, 0.15) is 65.2 Å². The SMILES string of the molecule is CCC1C2=CC=NC2=CN1c1c2c(cc3c(=O)cc(C)oc13)CC(OOCC(O)(Cc1ccc(O)c3ccc(O)cc13)C(O)C(O)C(O)CO)C1(CC=C3CCC4CCCCC45C(=O)NCC5C3C1)O2. The highest BCUT2D eigenvalue weighted by atomic mass is 17.2. The van der Waals surface area contributed by atoms with Crippen molar-refractivity contribution in [3.05, 3.63) is 105 Å². The van der Waals surface area contributed by atoms with Crippen molar-refractivity contribution in [3.63, 3.8) is 0 Å². The summed E-state index contributed by atoms with van der Waals surface area (Å²) < 4.78 is 14.1. The number of nitrogens with zero attached hydrogens (tertiary/aromatic N) is 2. The van der Waals surface area contributed by atoms with Gasteiger partial charge < -0.3 is 55.1 Å². The van der Waals surface area contributed by atoms with Crippen LogP contribution in [0.2, 0.25) is 0 Å². The van der Waals surface area contributed by atoms with Gasteiger partial charge in [0.2, 0.25) is 5.91 Å². The van der Waals surface area contributed by atoms with Gasteiger partial charge >= 0.3 is 0 Å². The van der Waals surface area contributed by atoms with Gasteiger partial charge in [-0.3, -0.25) is 14.6 Å². The number of aliphatic imine (C=N–C) groups is 1. The number of nitrogens with one attached hydrogen (secondary N) is 1. The Bertz CT molecular complexity index is 2960. The lowest BCUT2D eigenvalue weighted by molar-refractivity contribution is -0.373. The third-order valence-electron chi connectivity index (χ3n) is 17.0. The number of aliphatic hydroxyl groups is 5. The van der Waals surface area contributed by atoms with Crippen LogP contribution in [0.25, 0.3) is 21.7 Å². The van der Waals surface area contributed by atoms with E-state index in [9.17, 15) is 45.3 Å². The highest BCUT2D eigenvalue weighted by Gasteiger charge is 2.62. The van der Waals surface area contributed by atoms with E-state index in [-0.39, 0.29) is 53.1 Å². The second-order valence-corrected chi connectivity index (χ2v) is 20.8. The van der Waals surface area contributed by atoms with Crippen LogP contribution in [0.5, 0.6) is 17.2 Å². The van der Waals surface area contributed by atoms with Gasteiger partial charge in [-0.1, -0.05) is 37.5 Å². The normalized spacial score (nSPS) is 29.9. The standard InChI is InChI=1S/C54H61N3O13/c1-3-41-35-14-17-55-40(35)25-57(41)46-48-31(19-37-43(61)18-28(2)68-49(37)46)20-45(53(69-48)16-13-29-7-9-32-6-4-5-15-54(32)39(38(29)23-53)24-56-51(54)65)70-67-27-52(66,50(64)47(63)44(62)26-58)22-30-8-12-42(60)34-11-10-33(59)21-36(30)34/h8,10-14,17-19,21,25,32,38-39,41,44-45,47,50,58-60,62-64,66H,3-7,9,15-16,20,22-24,26-27H2,1-2H3,(H,56,65). The first kappa shape index (κ1) is 46.8. The van der Waals surface area contributed by atoms with Crippen LogP contribution >= 0.6 is 0 Å². The number of anilines is 1. The molecule has 3 aromatic carbocycles. The molecule has 4 aliphatic heterocycles. The molecule has 5 heterocycles. The number of ether oxygens (including phenoxy) is 1. The number of allylic oxidation sites excluding steroid dienone is 2. The van der Waals surface area contributed by atoms with Crippen LogP contribution in [-0.4, -0.2) is 109 Å². The zero-order chi connectivity index (χ0) is 48.9. The molecule has 0 radical (unpaired) electrons. The molecule has 11 rings (SSSR count). The monoisotopic (exact) mass is 959 g/mol. The third kappa shape index (κ3) is 7.39. The van der Waals surface area contributed by atoms with Crippen LogP contribution in [0.1, 0.15) is 81.6 Å². The quantitative estimate of drug-likeness (QED) is 0.0517. The Morgan fingerprint density at radius 1 is 1.04 bits per heavy atom. The summed E-state index contributed by atoms with van der Waals surface area (Å²) in [5.74, 6) is 1.06. The Kier molecular flexibility index (Phi) is 11.8. The van der Waals surface area contributed by atoms with Crippen LogP contribution in [0.3, 0.4) is 0 Å². The number of aromatic hydroxyl groups is 2. The molecular weight excluding hydrogens is 899 g/mol. The Labute approximate surface area is 404 Å². The highest BCUT2D eigenvalue weighted by Crippen LogP contribution is 2.61. The van der Waals surface area contributed by atoms with Crippen LogP contribution in [-0.2, 0) is 27.4 Å². The first-order chi connectivity index (χ1) is 33.7. The number of fused-ring (bicyclic) bond motifs is 6. The Morgan fingerprint density at radius 3 is 2.70 bits per heavy atom. The number of rotatable bonds is 12. The molecule has 7 aliphatic rings. The molecule has 3 fully saturated rings. The minimum Gasteiger partial charge on any atom is -0.508 e. The second kappa shape index (κ2) is 17.6. The van der Waals surface area contributed by atoms with Crippen LogP contribution in [0.15, 0.2) is 91.9 Å². The van der Waals surface area contributed by atoms with Gasteiger partial charge in [0.15, 0.2) is 16.8 Å². The van der Waals surface area contributed by atoms with Crippen LogP contribution in [0.4, 0.5) is 5.69 Å². The van der Waals surface area contributed by atoms with E-state index in [4.69, 9.17) is 18.9 Å². The number of phenols is 2. The third-order valence-corrected chi connectivity index (χ3v) is 17.0. The van der Waals surface area contributed by atoms with Gasteiger partial charge in [0, 0.05) is 60.8 Å². The first-order valence-corrected chi connectivity index (χ1v) is 24.8. The molecule has 1 saturated heterocycles. The van der Waals surface area contributed by atoms with Gasteiger partial charge in [-0.15, -0.1) is 0 Å². The van der Waals surface area contributed by atoms with Crippen LogP contribution in [0, 0.1) is 30.1 Å². The van der Waals surface area contributed by atoms with Crippen molar-refractivity contribution in [1.82, 2.24) is 5.32 Å². The fourth-order valence-corrected chi connectivity index (χ4v) is 13.5. The van der Waals surface area contributed by atoms with Crippen LogP contribution < -0.4 is 20.4 Å². The summed E-state index contributed by atoms with van der Waals surface area (Å²) in [6.07, 6.45) is 8.05. The molecule has 0 bridgehead atoms.